The van der Waals surface area contributed by atoms with E-state index in [9.17, 15) is 5.26 Å². The highest BCUT2D eigenvalue weighted by atomic mass is 15.1. The van der Waals surface area contributed by atoms with Gasteiger partial charge in [-0.1, -0.05) is 51.1 Å². The van der Waals surface area contributed by atoms with E-state index in [2.05, 4.69) is 45.7 Å². The molecule has 0 amide bonds. The lowest BCUT2D eigenvalue weighted by Gasteiger charge is -2.36. The van der Waals surface area contributed by atoms with Gasteiger partial charge in [0.1, 0.15) is 5.54 Å². The van der Waals surface area contributed by atoms with Crippen LogP contribution in [0.3, 0.4) is 0 Å². The molecule has 0 saturated heterocycles. The molecule has 110 valence electrons. The van der Waals surface area contributed by atoms with E-state index in [0.29, 0.717) is 12.5 Å². The molecule has 3 nitrogen and oxygen atoms in total. The van der Waals surface area contributed by atoms with Crippen molar-refractivity contribution in [2.75, 3.05) is 13.6 Å². The van der Waals surface area contributed by atoms with Gasteiger partial charge in [0.25, 0.3) is 0 Å². The SMILES string of the molecule is CC(N(C)CCC(N)(C#N)c1ccccc1)C(C)(C)C. The summed E-state index contributed by atoms with van der Waals surface area (Å²) in [7, 11) is 2.10. The van der Waals surface area contributed by atoms with Crippen molar-refractivity contribution in [3.8, 4) is 6.07 Å². The second-order valence-electron chi connectivity index (χ2n) is 6.72. The van der Waals surface area contributed by atoms with Gasteiger partial charge in [0.2, 0.25) is 0 Å². The fourth-order valence-electron chi connectivity index (χ4n) is 2.21. The van der Waals surface area contributed by atoms with Gasteiger partial charge in [0.15, 0.2) is 0 Å². The van der Waals surface area contributed by atoms with Crippen molar-refractivity contribution in [3.05, 3.63) is 35.9 Å². The average Bonchev–Trinajstić information content (AvgIpc) is 2.43. The molecule has 0 heterocycles. The Morgan fingerprint density at radius 3 is 2.25 bits per heavy atom. The number of nitriles is 1. The minimum absolute atomic E-state index is 0.214. The summed E-state index contributed by atoms with van der Waals surface area (Å²) in [6, 6.07) is 12.4. The molecule has 0 saturated carbocycles. The lowest BCUT2D eigenvalue weighted by Crippen LogP contribution is -2.44. The zero-order valence-electron chi connectivity index (χ0n) is 13.4. The van der Waals surface area contributed by atoms with Crippen LogP contribution in [0.1, 0.15) is 39.7 Å². The standard InChI is InChI=1S/C17H27N3/c1-14(16(2,3)4)20(5)12-11-17(19,13-18)15-9-7-6-8-10-15/h6-10,14H,11-12,19H2,1-5H3. The molecule has 20 heavy (non-hydrogen) atoms. The summed E-state index contributed by atoms with van der Waals surface area (Å²) in [6.45, 7) is 9.70. The van der Waals surface area contributed by atoms with Crippen molar-refractivity contribution in [2.45, 2.75) is 45.7 Å². The molecule has 0 aliphatic rings. The van der Waals surface area contributed by atoms with Gasteiger partial charge in [-0.25, -0.2) is 0 Å². The second kappa shape index (κ2) is 6.39. The van der Waals surface area contributed by atoms with Crippen LogP contribution in [-0.2, 0) is 5.54 Å². The Labute approximate surface area is 123 Å². The van der Waals surface area contributed by atoms with E-state index in [4.69, 9.17) is 5.73 Å². The lowest BCUT2D eigenvalue weighted by atomic mass is 9.85. The highest BCUT2D eigenvalue weighted by molar-refractivity contribution is 5.30. The third-order valence-corrected chi connectivity index (χ3v) is 4.26. The molecule has 1 aromatic rings. The molecule has 2 N–H and O–H groups in total. The third-order valence-electron chi connectivity index (χ3n) is 4.26. The first-order valence-corrected chi connectivity index (χ1v) is 7.16. The van der Waals surface area contributed by atoms with E-state index >= 15 is 0 Å². The number of benzene rings is 1. The topological polar surface area (TPSA) is 53.0 Å². The quantitative estimate of drug-likeness (QED) is 0.896. The number of rotatable bonds is 5. The van der Waals surface area contributed by atoms with Crippen LogP contribution in [-0.4, -0.2) is 24.5 Å². The van der Waals surface area contributed by atoms with Crippen molar-refractivity contribution >= 4 is 0 Å². The second-order valence-corrected chi connectivity index (χ2v) is 6.72. The Kier molecular flexibility index (Phi) is 5.33. The first-order valence-electron chi connectivity index (χ1n) is 7.16. The van der Waals surface area contributed by atoms with E-state index < -0.39 is 5.54 Å². The molecule has 2 unspecified atom stereocenters. The number of nitrogens with two attached hydrogens (primary N) is 1. The van der Waals surface area contributed by atoms with Gasteiger partial charge >= 0.3 is 0 Å². The average molecular weight is 273 g/mol. The van der Waals surface area contributed by atoms with Crippen LogP contribution in [0.5, 0.6) is 0 Å². The van der Waals surface area contributed by atoms with E-state index in [1.54, 1.807) is 0 Å². The molecular formula is C17H27N3. The summed E-state index contributed by atoms with van der Waals surface area (Å²) in [4.78, 5) is 2.28. The van der Waals surface area contributed by atoms with Crippen LogP contribution in [0.2, 0.25) is 0 Å². The van der Waals surface area contributed by atoms with Crippen molar-refractivity contribution in [1.29, 1.82) is 5.26 Å². The number of nitrogens with zero attached hydrogens (tertiary/aromatic N) is 2. The summed E-state index contributed by atoms with van der Waals surface area (Å²) in [5.41, 5.74) is 6.48. The minimum Gasteiger partial charge on any atom is -0.310 e. The third kappa shape index (κ3) is 4.06. The number of hydrogen-bond donors (Lipinski definition) is 1. The summed E-state index contributed by atoms with van der Waals surface area (Å²) in [5.74, 6) is 0. The molecule has 0 bridgehead atoms. The summed E-state index contributed by atoms with van der Waals surface area (Å²) >= 11 is 0. The van der Waals surface area contributed by atoms with Gasteiger partial charge in [0, 0.05) is 12.6 Å². The van der Waals surface area contributed by atoms with Gasteiger partial charge in [0.05, 0.1) is 6.07 Å². The van der Waals surface area contributed by atoms with Gasteiger partial charge in [-0.15, -0.1) is 0 Å². The smallest absolute Gasteiger partial charge is 0.131 e. The maximum Gasteiger partial charge on any atom is 0.131 e. The molecule has 1 aromatic carbocycles. The van der Waals surface area contributed by atoms with Crippen LogP contribution in [0.25, 0.3) is 0 Å². The molecule has 1 rings (SSSR count). The Hall–Kier alpha value is -1.37. The summed E-state index contributed by atoms with van der Waals surface area (Å²) in [6.07, 6.45) is 0.629. The molecule has 0 radical (unpaired) electrons. The Balaban J connectivity index is 2.74. The van der Waals surface area contributed by atoms with Crippen molar-refractivity contribution in [1.82, 2.24) is 4.90 Å². The molecular weight excluding hydrogens is 246 g/mol. The molecule has 0 fully saturated rings. The maximum atomic E-state index is 9.46. The monoisotopic (exact) mass is 273 g/mol. The maximum absolute atomic E-state index is 9.46. The Morgan fingerprint density at radius 2 is 1.80 bits per heavy atom. The fraction of sp³-hybridized carbons (Fsp3) is 0.588. The van der Waals surface area contributed by atoms with E-state index in [-0.39, 0.29) is 5.41 Å². The molecule has 3 heteroatoms. The van der Waals surface area contributed by atoms with Gasteiger partial charge in [-0.05, 0) is 31.4 Å². The van der Waals surface area contributed by atoms with Crippen molar-refractivity contribution in [3.63, 3.8) is 0 Å². The van der Waals surface area contributed by atoms with Crippen LogP contribution in [0, 0.1) is 16.7 Å². The first kappa shape index (κ1) is 16.7. The zero-order chi connectivity index (χ0) is 15.4. The molecule has 0 aliphatic carbocycles. The molecule has 0 spiro atoms. The molecule has 0 aromatic heterocycles. The zero-order valence-corrected chi connectivity index (χ0v) is 13.4. The van der Waals surface area contributed by atoms with E-state index in [0.717, 1.165) is 12.1 Å². The van der Waals surface area contributed by atoms with Crippen molar-refractivity contribution in [2.24, 2.45) is 11.1 Å². The van der Waals surface area contributed by atoms with E-state index in [1.165, 1.54) is 0 Å². The Morgan fingerprint density at radius 1 is 1.25 bits per heavy atom. The lowest BCUT2D eigenvalue weighted by molar-refractivity contribution is 0.134. The highest BCUT2D eigenvalue weighted by Gasteiger charge is 2.29. The largest absolute Gasteiger partial charge is 0.310 e. The van der Waals surface area contributed by atoms with Crippen LogP contribution >= 0.6 is 0 Å². The number of hydrogen-bond acceptors (Lipinski definition) is 3. The summed E-state index contributed by atoms with van der Waals surface area (Å²) < 4.78 is 0. The first-order chi connectivity index (χ1) is 9.20. The van der Waals surface area contributed by atoms with Crippen LogP contribution < -0.4 is 5.73 Å². The van der Waals surface area contributed by atoms with Crippen LogP contribution in [0.4, 0.5) is 0 Å². The predicted molar refractivity (Wildman–Crippen MR) is 84.1 cm³/mol. The van der Waals surface area contributed by atoms with Crippen molar-refractivity contribution < 1.29 is 0 Å². The van der Waals surface area contributed by atoms with Crippen LogP contribution in [0.15, 0.2) is 30.3 Å². The van der Waals surface area contributed by atoms with Gasteiger partial charge < -0.3 is 10.6 Å². The summed E-state index contributed by atoms with van der Waals surface area (Å²) in [5, 5.41) is 9.46. The Bertz CT molecular complexity index is 455. The highest BCUT2D eigenvalue weighted by Crippen LogP contribution is 2.26. The van der Waals surface area contributed by atoms with E-state index in [1.807, 2.05) is 30.3 Å². The minimum atomic E-state index is -0.910. The normalized spacial score (nSPS) is 16.5. The fourth-order valence-corrected chi connectivity index (χ4v) is 2.21. The predicted octanol–water partition coefficient (Wildman–Crippen LogP) is 3.12. The van der Waals surface area contributed by atoms with Gasteiger partial charge in [-0.2, -0.15) is 5.26 Å². The molecule has 2 atom stereocenters. The van der Waals surface area contributed by atoms with Gasteiger partial charge in [-0.3, -0.25) is 0 Å². The molecule has 0 aliphatic heterocycles.